The lowest BCUT2D eigenvalue weighted by atomic mass is 10.4. The first kappa shape index (κ1) is 24.7. The fourth-order valence-corrected chi connectivity index (χ4v) is 5.64. The van der Waals surface area contributed by atoms with E-state index in [1.807, 2.05) is 27.7 Å². The molecule has 25 heavy (non-hydrogen) atoms. The van der Waals surface area contributed by atoms with Crippen molar-refractivity contribution in [2.24, 2.45) is 0 Å². The van der Waals surface area contributed by atoms with Crippen LogP contribution in [-0.2, 0) is 20.0 Å². The van der Waals surface area contributed by atoms with Gasteiger partial charge >= 0.3 is 0 Å². The molecule has 8 nitrogen and oxygen atoms in total. The van der Waals surface area contributed by atoms with Gasteiger partial charge in [0.1, 0.15) is 0 Å². The molecule has 0 aliphatic rings. The Bertz CT molecular complexity index is 482. The predicted molar refractivity (Wildman–Crippen MR) is 104 cm³/mol. The third-order valence-corrected chi connectivity index (χ3v) is 7.82. The topological polar surface area (TPSA) is 98.8 Å². The van der Waals surface area contributed by atoms with Gasteiger partial charge in [-0.1, -0.05) is 27.7 Å². The molecule has 0 unspecified atom stereocenters. The molecule has 0 fully saturated rings. The first-order chi connectivity index (χ1) is 11.7. The molecule has 0 heterocycles. The van der Waals surface area contributed by atoms with Gasteiger partial charge in [0.15, 0.2) is 5.08 Å². The minimum absolute atomic E-state index is 0.246. The van der Waals surface area contributed by atoms with E-state index in [2.05, 4.69) is 19.2 Å². The van der Waals surface area contributed by atoms with Crippen molar-refractivity contribution in [3.05, 3.63) is 0 Å². The Morgan fingerprint density at radius 2 is 0.960 bits per heavy atom. The summed E-state index contributed by atoms with van der Waals surface area (Å²) in [6.45, 7) is 13.9. The molecule has 10 heteroatoms. The molecule has 0 aliphatic heterocycles. The van der Waals surface area contributed by atoms with Crippen molar-refractivity contribution in [1.29, 1.82) is 0 Å². The molecule has 0 amide bonds. The Hall–Kier alpha value is -0.260. The summed E-state index contributed by atoms with van der Waals surface area (Å²) in [5, 5.41) is -0.920. The highest BCUT2D eigenvalue weighted by Crippen LogP contribution is 1.96. The normalized spacial score (nSPS) is 13.0. The van der Waals surface area contributed by atoms with Crippen molar-refractivity contribution in [1.82, 2.24) is 19.2 Å². The molecule has 0 aliphatic carbocycles. The molecule has 0 aromatic carbocycles. The van der Waals surface area contributed by atoms with Gasteiger partial charge in [0.05, 0.1) is 0 Å². The molecular weight excluding hydrogens is 364 g/mol. The van der Waals surface area contributed by atoms with Crippen LogP contribution in [0.2, 0.25) is 0 Å². The average molecular weight is 401 g/mol. The van der Waals surface area contributed by atoms with E-state index < -0.39 is 25.1 Å². The van der Waals surface area contributed by atoms with Gasteiger partial charge in [-0.05, 0) is 52.1 Å². The van der Waals surface area contributed by atoms with Gasteiger partial charge in [0, 0.05) is 13.1 Å². The highest BCUT2D eigenvalue weighted by Gasteiger charge is 2.21. The van der Waals surface area contributed by atoms with Gasteiger partial charge in [0.25, 0.3) is 0 Å². The van der Waals surface area contributed by atoms with Crippen LogP contribution >= 0.6 is 0 Å². The van der Waals surface area contributed by atoms with Gasteiger partial charge in [-0.3, -0.25) is 0 Å². The van der Waals surface area contributed by atoms with E-state index in [0.29, 0.717) is 12.8 Å². The third kappa shape index (κ3) is 12.7. The van der Waals surface area contributed by atoms with E-state index in [1.54, 1.807) is 0 Å². The molecule has 0 spiro atoms. The Morgan fingerprint density at radius 3 is 1.24 bits per heavy atom. The van der Waals surface area contributed by atoms with Crippen molar-refractivity contribution < 1.29 is 16.8 Å². The molecule has 0 rings (SSSR count). The average Bonchev–Trinajstić information content (AvgIpc) is 2.54. The Balaban J connectivity index is 4.16. The number of nitrogens with zero attached hydrogens (tertiary/aromatic N) is 2. The van der Waals surface area contributed by atoms with Gasteiger partial charge in [0.2, 0.25) is 20.0 Å². The summed E-state index contributed by atoms with van der Waals surface area (Å²) in [5.74, 6) is 0. The Labute approximate surface area is 154 Å². The minimum atomic E-state index is -3.84. The van der Waals surface area contributed by atoms with Crippen LogP contribution in [0.5, 0.6) is 0 Å². The van der Waals surface area contributed by atoms with E-state index in [9.17, 15) is 16.8 Å². The lowest BCUT2D eigenvalue weighted by molar-refractivity contribution is 0.300. The molecule has 2 N–H and O–H groups in total. The van der Waals surface area contributed by atoms with Crippen molar-refractivity contribution in [2.45, 2.75) is 40.5 Å². The van der Waals surface area contributed by atoms with Crippen molar-refractivity contribution in [3.8, 4) is 0 Å². The monoisotopic (exact) mass is 400 g/mol. The summed E-state index contributed by atoms with van der Waals surface area (Å²) >= 11 is 0. The number of rotatable bonds is 16. The Morgan fingerprint density at radius 1 is 0.640 bits per heavy atom. The minimum Gasteiger partial charge on any atom is -0.304 e. The van der Waals surface area contributed by atoms with Gasteiger partial charge in [-0.25, -0.2) is 26.3 Å². The first-order valence-corrected chi connectivity index (χ1v) is 12.4. The van der Waals surface area contributed by atoms with E-state index in [1.165, 1.54) is 0 Å². The number of nitrogens with one attached hydrogen (secondary N) is 2. The zero-order chi connectivity index (χ0) is 19.3. The number of hydrogen-bond acceptors (Lipinski definition) is 6. The molecule has 0 saturated heterocycles. The smallest absolute Gasteiger partial charge is 0.227 e. The maximum atomic E-state index is 11.9. The summed E-state index contributed by atoms with van der Waals surface area (Å²) in [7, 11) is -7.69. The van der Waals surface area contributed by atoms with Crippen LogP contribution in [0, 0.1) is 0 Å². The fourth-order valence-electron chi connectivity index (χ4n) is 2.43. The van der Waals surface area contributed by atoms with Crippen LogP contribution in [0.4, 0.5) is 0 Å². The molecule has 0 atom stereocenters. The SMILES string of the molecule is CCN(CC)CCCNS(=O)(=O)CS(=O)(=O)NCCCN(CC)CC. The summed E-state index contributed by atoms with van der Waals surface area (Å²) in [6, 6.07) is 0. The third-order valence-electron chi connectivity index (χ3n) is 4.05. The zero-order valence-corrected chi connectivity index (χ0v) is 17.8. The molecule has 0 radical (unpaired) electrons. The molecule has 0 aromatic rings. The quantitative estimate of drug-likeness (QED) is 0.360. The lowest BCUT2D eigenvalue weighted by Gasteiger charge is -2.18. The van der Waals surface area contributed by atoms with Crippen LogP contribution in [0.3, 0.4) is 0 Å². The van der Waals surface area contributed by atoms with Crippen molar-refractivity contribution in [2.75, 3.05) is 57.4 Å². The number of hydrogen-bond donors (Lipinski definition) is 2. The van der Waals surface area contributed by atoms with Crippen LogP contribution in [-0.4, -0.2) is 84.1 Å². The van der Waals surface area contributed by atoms with Crippen LogP contribution in [0.15, 0.2) is 0 Å². The van der Waals surface area contributed by atoms with Crippen molar-refractivity contribution >= 4 is 20.0 Å². The molecule has 0 bridgehead atoms. The highest BCUT2D eigenvalue weighted by atomic mass is 32.3. The largest absolute Gasteiger partial charge is 0.304 e. The van der Waals surface area contributed by atoms with Gasteiger partial charge < -0.3 is 9.80 Å². The predicted octanol–water partition coefficient (Wildman–Crippen LogP) is 0.247. The molecular formula is C15H36N4O4S2. The second kappa shape index (κ2) is 13.0. The first-order valence-electron chi connectivity index (χ1n) is 9.09. The van der Waals surface area contributed by atoms with Gasteiger partial charge in [-0.2, -0.15) is 0 Å². The number of sulfonamides is 2. The van der Waals surface area contributed by atoms with E-state index >= 15 is 0 Å². The second-order valence-electron chi connectivity index (χ2n) is 5.90. The fraction of sp³-hybridized carbons (Fsp3) is 1.00. The summed E-state index contributed by atoms with van der Waals surface area (Å²) in [4.78, 5) is 4.37. The maximum absolute atomic E-state index is 11.9. The van der Waals surface area contributed by atoms with Crippen LogP contribution < -0.4 is 9.44 Å². The lowest BCUT2D eigenvalue weighted by Crippen LogP contribution is -2.38. The zero-order valence-electron chi connectivity index (χ0n) is 16.1. The summed E-state index contributed by atoms with van der Waals surface area (Å²) in [5.41, 5.74) is 0. The maximum Gasteiger partial charge on any atom is 0.227 e. The second-order valence-corrected chi connectivity index (χ2v) is 9.88. The summed E-state index contributed by atoms with van der Waals surface area (Å²) < 4.78 is 52.4. The standard InChI is InChI=1S/C15H36N4O4S2/c1-5-18(6-2)13-9-11-16-24(20,21)15-25(22,23)17-12-10-14-19(7-3)8-4/h16-17H,5-15H2,1-4H3. The molecule has 0 saturated carbocycles. The van der Waals surface area contributed by atoms with Crippen molar-refractivity contribution in [3.63, 3.8) is 0 Å². The van der Waals surface area contributed by atoms with Gasteiger partial charge in [-0.15, -0.1) is 0 Å². The molecule has 0 aromatic heterocycles. The van der Waals surface area contributed by atoms with E-state index in [0.717, 1.165) is 39.3 Å². The summed E-state index contributed by atoms with van der Waals surface area (Å²) in [6.07, 6.45) is 1.30. The van der Waals surface area contributed by atoms with Crippen LogP contribution in [0.25, 0.3) is 0 Å². The van der Waals surface area contributed by atoms with E-state index in [4.69, 9.17) is 0 Å². The van der Waals surface area contributed by atoms with E-state index in [-0.39, 0.29) is 13.1 Å². The highest BCUT2D eigenvalue weighted by molar-refractivity contribution is 8.06. The Kier molecular flexibility index (Phi) is 12.9. The van der Waals surface area contributed by atoms with Crippen LogP contribution in [0.1, 0.15) is 40.5 Å². The molecule has 152 valence electrons.